The Kier molecular flexibility index (Phi) is 6.60. The fraction of sp³-hybridized carbons (Fsp3) is 0.125. The van der Waals surface area contributed by atoms with E-state index >= 15 is 0 Å². The average molecular weight is 403 g/mol. The molecule has 30 heavy (non-hydrogen) atoms. The van der Waals surface area contributed by atoms with E-state index in [1.807, 2.05) is 19.1 Å². The molecule has 0 atom stereocenters. The molecule has 3 rings (SSSR count). The molecule has 0 saturated heterocycles. The summed E-state index contributed by atoms with van der Waals surface area (Å²) in [6, 6.07) is 20.1. The van der Waals surface area contributed by atoms with Gasteiger partial charge >= 0.3 is 5.97 Å². The van der Waals surface area contributed by atoms with Crippen LogP contribution < -0.4 is 10.1 Å². The van der Waals surface area contributed by atoms with Crippen LogP contribution in [0.5, 0.6) is 5.75 Å². The van der Waals surface area contributed by atoms with Crippen molar-refractivity contribution in [2.45, 2.75) is 6.92 Å². The van der Waals surface area contributed by atoms with Gasteiger partial charge in [0.1, 0.15) is 5.75 Å². The van der Waals surface area contributed by atoms with Gasteiger partial charge in [-0.25, -0.2) is 4.79 Å². The lowest BCUT2D eigenvalue weighted by Crippen LogP contribution is -2.18. The van der Waals surface area contributed by atoms with E-state index in [1.54, 1.807) is 54.6 Å². The molecule has 0 heterocycles. The van der Waals surface area contributed by atoms with Crippen molar-refractivity contribution in [3.8, 4) is 5.75 Å². The van der Waals surface area contributed by atoms with Crippen LogP contribution in [0.25, 0.3) is 0 Å². The molecule has 0 spiro atoms. The molecule has 6 heteroatoms. The quantitative estimate of drug-likeness (QED) is 0.470. The fourth-order valence-electron chi connectivity index (χ4n) is 2.74. The first-order valence-corrected chi connectivity index (χ1v) is 9.29. The molecular formula is C24H21NO5. The first-order chi connectivity index (χ1) is 14.5. The third kappa shape index (κ3) is 5.11. The standard InChI is InChI=1S/C24H21NO5/c1-16-7-9-18(10-8-16)23(27)25-21-6-4-3-5-20(21)24(28)30-15-22(26)17-11-13-19(29-2)14-12-17/h3-14H,15H2,1-2H3,(H,25,27). The minimum atomic E-state index is -0.698. The van der Waals surface area contributed by atoms with Crippen molar-refractivity contribution in [1.82, 2.24) is 0 Å². The van der Waals surface area contributed by atoms with Gasteiger partial charge in [0.2, 0.25) is 0 Å². The molecule has 0 aliphatic carbocycles. The van der Waals surface area contributed by atoms with E-state index in [0.717, 1.165) is 5.56 Å². The fourth-order valence-corrected chi connectivity index (χ4v) is 2.74. The van der Waals surface area contributed by atoms with E-state index in [9.17, 15) is 14.4 Å². The maximum Gasteiger partial charge on any atom is 0.340 e. The summed E-state index contributed by atoms with van der Waals surface area (Å²) in [7, 11) is 1.54. The van der Waals surface area contributed by atoms with Crippen LogP contribution in [0, 0.1) is 6.92 Å². The van der Waals surface area contributed by atoms with E-state index in [2.05, 4.69) is 5.32 Å². The molecule has 0 saturated carbocycles. The van der Waals surface area contributed by atoms with Crippen LogP contribution in [0.15, 0.2) is 72.8 Å². The Hall–Kier alpha value is -3.93. The van der Waals surface area contributed by atoms with Gasteiger partial charge in [-0.05, 0) is 55.5 Å². The largest absolute Gasteiger partial charge is 0.497 e. The van der Waals surface area contributed by atoms with Crippen molar-refractivity contribution in [3.63, 3.8) is 0 Å². The van der Waals surface area contributed by atoms with Gasteiger partial charge in [-0.2, -0.15) is 0 Å². The predicted molar refractivity (Wildman–Crippen MR) is 113 cm³/mol. The average Bonchev–Trinajstić information content (AvgIpc) is 2.78. The summed E-state index contributed by atoms with van der Waals surface area (Å²) < 4.78 is 10.2. The first-order valence-electron chi connectivity index (χ1n) is 9.29. The van der Waals surface area contributed by atoms with Crippen molar-refractivity contribution in [2.24, 2.45) is 0 Å². The predicted octanol–water partition coefficient (Wildman–Crippen LogP) is 4.30. The zero-order chi connectivity index (χ0) is 21.5. The lowest BCUT2D eigenvalue weighted by molar-refractivity contribution is 0.0475. The molecule has 0 aromatic heterocycles. The van der Waals surface area contributed by atoms with Gasteiger partial charge in [0.25, 0.3) is 5.91 Å². The maximum absolute atomic E-state index is 12.5. The monoisotopic (exact) mass is 403 g/mol. The maximum atomic E-state index is 12.5. The summed E-state index contributed by atoms with van der Waals surface area (Å²) in [5, 5.41) is 2.72. The third-order valence-electron chi connectivity index (χ3n) is 4.46. The number of rotatable bonds is 7. The minimum absolute atomic E-state index is 0.167. The second-order valence-corrected chi connectivity index (χ2v) is 6.59. The summed E-state index contributed by atoms with van der Waals surface area (Å²) in [6.07, 6.45) is 0. The number of para-hydroxylation sites is 1. The number of benzene rings is 3. The third-order valence-corrected chi connectivity index (χ3v) is 4.46. The molecule has 0 fully saturated rings. The highest BCUT2D eigenvalue weighted by Gasteiger charge is 2.17. The van der Waals surface area contributed by atoms with Gasteiger partial charge < -0.3 is 14.8 Å². The Labute approximate surface area is 174 Å². The van der Waals surface area contributed by atoms with Crippen LogP contribution in [0.3, 0.4) is 0 Å². The number of carbonyl (C=O) groups is 3. The molecular weight excluding hydrogens is 382 g/mol. The Morgan fingerprint density at radius 3 is 2.13 bits per heavy atom. The highest BCUT2D eigenvalue weighted by atomic mass is 16.5. The number of ether oxygens (including phenoxy) is 2. The number of anilines is 1. The van der Waals surface area contributed by atoms with Crippen molar-refractivity contribution in [2.75, 3.05) is 19.0 Å². The molecule has 6 nitrogen and oxygen atoms in total. The number of aryl methyl sites for hydroxylation is 1. The molecule has 0 unspecified atom stereocenters. The van der Waals surface area contributed by atoms with Gasteiger partial charge in [0, 0.05) is 11.1 Å². The Bertz CT molecular complexity index is 1060. The van der Waals surface area contributed by atoms with Crippen molar-refractivity contribution < 1.29 is 23.9 Å². The van der Waals surface area contributed by atoms with Gasteiger partial charge in [0.05, 0.1) is 18.4 Å². The zero-order valence-corrected chi connectivity index (χ0v) is 16.7. The van der Waals surface area contributed by atoms with E-state index < -0.39 is 12.6 Å². The molecule has 0 aliphatic heterocycles. The number of nitrogens with one attached hydrogen (secondary N) is 1. The summed E-state index contributed by atoms with van der Waals surface area (Å²) in [5.41, 5.74) is 2.39. The number of amides is 1. The highest BCUT2D eigenvalue weighted by molar-refractivity contribution is 6.08. The molecule has 1 amide bonds. The molecule has 0 aliphatic rings. The molecule has 152 valence electrons. The van der Waals surface area contributed by atoms with E-state index in [0.29, 0.717) is 22.6 Å². The van der Waals surface area contributed by atoms with Gasteiger partial charge in [-0.15, -0.1) is 0 Å². The lowest BCUT2D eigenvalue weighted by atomic mass is 10.1. The molecule has 3 aromatic carbocycles. The Morgan fingerprint density at radius 1 is 0.833 bits per heavy atom. The van der Waals surface area contributed by atoms with Crippen molar-refractivity contribution in [3.05, 3.63) is 95.1 Å². The topological polar surface area (TPSA) is 81.7 Å². The Balaban J connectivity index is 1.66. The highest BCUT2D eigenvalue weighted by Crippen LogP contribution is 2.18. The van der Waals surface area contributed by atoms with Gasteiger partial charge in [-0.1, -0.05) is 29.8 Å². The second-order valence-electron chi connectivity index (χ2n) is 6.59. The van der Waals surface area contributed by atoms with Crippen LogP contribution in [0.2, 0.25) is 0 Å². The van der Waals surface area contributed by atoms with Gasteiger partial charge in [-0.3, -0.25) is 9.59 Å². The number of esters is 1. The number of hydrogen-bond acceptors (Lipinski definition) is 5. The number of carbonyl (C=O) groups excluding carboxylic acids is 3. The van der Waals surface area contributed by atoms with Crippen LogP contribution in [0.4, 0.5) is 5.69 Å². The molecule has 1 N–H and O–H groups in total. The number of hydrogen-bond donors (Lipinski definition) is 1. The van der Waals surface area contributed by atoms with Crippen LogP contribution in [-0.4, -0.2) is 31.4 Å². The van der Waals surface area contributed by atoms with E-state index in [4.69, 9.17) is 9.47 Å². The van der Waals surface area contributed by atoms with E-state index in [-0.39, 0.29) is 17.3 Å². The zero-order valence-electron chi connectivity index (χ0n) is 16.7. The second kappa shape index (κ2) is 9.52. The Morgan fingerprint density at radius 2 is 1.47 bits per heavy atom. The minimum Gasteiger partial charge on any atom is -0.497 e. The summed E-state index contributed by atoms with van der Waals surface area (Å²) in [4.78, 5) is 37.3. The van der Waals surface area contributed by atoms with Crippen LogP contribution in [0.1, 0.15) is 36.6 Å². The van der Waals surface area contributed by atoms with Crippen molar-refractivity contribution >= 4 is 23.3 Å². The van der Waals surface area contributed by atoms with Gasteiger partial charge in [0.15, 0.2) is 12.4 Å². The molecule has 0 radical (unpaired) electrons. The number of methoxy groups -OCH3 is 1. The smallest absolute Gasteiger partial charge is 0.340 e. The summed E-state index contributed by atoms with van der Waals surface area (Å²) >= 11 is 0. The van der Waals surface area contributed by atoms with Crippen LogP contribution in [-0.2, 0) is 4.74 Å². The summed E-state index contributed by atoms with van der Waals surface area (Å²) in [5.74, 6) is -0.754. The van der Waals surface area contributed by atoms with E-state index in [1.165, 1.54) is 13.2 Å². The lowest BCUT2D eigenvalue weighted by Gasteiger charge is -2.11. The first kappa shape index (κ1) is 20.8. The summed E-state index contributed by atoms with van der Waals surface area (Å²) in [6.45, 7) is 1.52. The SMILES string of the molecule is COc1ccc(C(=O)COC(=O)c2ccccc2NC(=O)c2ccc(C)cc2)cc1. The van der Waals surface area contributed by atoms with Crippen molar-refractivity contribution in [1.29, 1.82) is 0 Å². The molecule has 3 aromatic rings. The number of Topliss-reactive ketones (excluding diaryl/α,β-unsaturated/α-hetero) is 1. The van der Waals surface area contributed by atoms with Crippen LogP contribution >= 0.6 is 0 Å². The number of ketones is 1. The normalized spacial score (nSPS) is 10.2. The molecule has 0 bridgehead atoms.